The summed E-state index contributed by atoms with van der Waals surface area (Å²) in [5.74, 6) is 0. The van der Waals surface area contributed by atoms with Gasteiger partial charge in [0.15, 0.2) is 6.10 Å². The smallest absolute Gasteiger partial charge is 0.156 e. The third-order valence-corrected chi connectivity index (χ3v) is 4.26. The molecule has 1 fully saturated rings. The van der Waals surface area contributed by atoms with Crippen LogP contribution in [0.25, 0.3) is 10.1 Å². The number of ether oxygens (including phenoxy) is 1. The molecule has 0 saturated carbocycles. The van der Waals surface area contributed by atoms with Crippen molar-refractivity contribution in [2.75, 3.05) is 19.7 Å². The van der Waals surface area contributed by atoms with Crippen LogP contribution < -0.4 is 0 Å². The van der Waals surface area contributed by atoms with Crippen molar-refractivity contribution in [2.24, 2.45) is 0 Å². The summed E-state index contributed by atoms with van der Waals surface area (Å²) in [6.07, 6.45) is -0.274. The maximum atomic E-state index is 8.91. The molecule has 3 nitrogen and oxygen atoms in total. The van der Waals surface area contributed by atoms with Gasteiger partial charge in [0.1, 0.15) is 0 Å². The normalized spacial score (nSPS) is 20.9. The topological polar surface area (TPSA) is 36.3 Å². The molecule has 3 rings (SSSR count). The number of rotatable bonds is 2. The molecule has 0 spiro atoms. The van der Waals surface area contributed by atoms with E-state index in [1.54, 1.807) is 11.3 Å². The molecule has 4 heteroatoms. The standard InChI is InChI=1S/C14H14N2OS/c15-7-12-9-16(5-6-17-12)8-11-10-18-14-4-2-1-3-13(11)14/h1-4,10,12H,5-6,8-9H2. The molecule has 1 aromatic carbocycles. The Balaban J connectivity index is 1.78. The molecule has 0 amide bonds. The molecule has 2 aromatic rings. The fourth-order valence-corrected chi connectivity index (χ4v) is 3.27. The van der Waals surface area contributed by atoms with Crippen molar-refractivity contribution < 1.29 is 4.74 Å². The molecule has 1 aliphatic heterocycles. The number of hydrogen-bond acceptors (Lipinski definition) is 4. The fourth-order valence-electron chi connectivity index (χ4n) is 2.32. The molecule has 2 heterocycles. The Morgan fingerprint density at radius 2 is 2.33 bits per heavy atom. The van der Waals surface area contributed by atoms with E-state index in [1.165, 1.54) is 15.6 Å². The SMILES string of the molecule is N#CC1CN(Cc2csc3ccccc23)CCO1. The summed E-state index contributed by atoms with van der Waals surface area (Å²) in [4.78, 5) is 2.30. The molecule has 1 aromatic heterocycles. The second-order valence-electron chi connectivity index (χ2n) is 4.48. The van der Waals surface area contributed by atoms with E-state index in [0.29, 0.717) is 13.2 Å². The summed E-state index contributed by atoms with van der Waals surface area (Å²) in [6, 6.07) is 10.7. The van der Waals surface area contributed by atoms with Crippen molar-refractivity contribution in [3.8, 4) is 6.07 Å². The molecule has 0 bridgehead atoms. The van der Waals surface area contributed by atoms with E-state index in [9.17, 15) is 0 Å². The Morgan fingerprint density at radius 3 is 3.22 bits per heavy atom. The Labute approximate surface area is 110 Å². The van der Waals surface area contributed by atoms with Crippen LogP contribution >= 0.6 is 11.3 Å². The van der Waals surface area contributed by atoms with Gasteiger partial charge in [-0.15, -0.1) is 11.3 Å². The first kappa shape index (κ1) is 11.7. The zero-order valence-corrected chi connectivity index (χ0v) is 10.8. The molecule has 1 aliphatic rings. The lowest BCUT2D eigenvalue weighted by molar-refractivity contribution is -0.00251. The first-order valence-electron chi connectivity index (χ1n) is 6.05. The second kappa shape index (κ2) is 5.07. The molecule has 1 saturated heterocycles. The van der Waals surface area contributed by atoms with Crippen molar-refractivity contribution in [3.63, 3.8) is 0 Å². The summed E-state index contributed by atoms with van der Waals surface area (Å²) >= 11 is 1.79. The Bertz CT molecular complexity index is 587. The van der Waals surface area contributed by atoms with Gasteiger partial charge in [-0.1, -0.05) is 18.2 Å². The van der Waals surface area contributed by atoms with Gasteiger partial charge in [-0.05, 0) is 22.4 Å². The fraction of sp³-hybridized carbons (Fsp3) is 0.357. The van der Waals surface area contributed by atoms with E-state index in [4.69, 9.17) is 10.00 Å². The first-order valence-corrected chi connectivity index (χ1v) is 6.93. The van der Waals surface area contributed by atoms with E-state index in [2.05, 4.69) is 40.6 Å². The van der Waals surface area contributed by atoms with Gasteiger partial charge < -0.3 is 4.74 Å². The third-order valence-electron chi connectivity index (χ3n) is 3.25. The average Bonchev–Trinajstić information content (AvgIpc) is 2.83. The van der Waals surface area contributed by atoms with E-state index in [-0.39, 0.29) is 6.10 Å². The minimum absolute atomic E-state index is 0.274. The van der Waals surface area contributed by atoms with Crippen LogP contribution in [-0.2, 0) is 11.3 Å². The highest BCUT2D eigenvalue weighted by atomic mass is 32.1. The lowest BCUT2D eigenvalue weighted by Gasteiger charge is -2.29. The van der Waals surface area contributed by atoms with Gasteiger partial charge >= 0.3 is 0 Å². The van der Waals surface area contributed by atoms with E-state index in [1.807, 2.05) is 0 Å². The van der Waals surface area contributed by atoms with Gasteiger partial charge in [-0.25, -0.2) is 0 Å². The van der Waals surface area contributed by atoms with Crippen LogP contribution in [0.2, 0.25) is 0 Å². The van der Waals surface area contributed by atoms with Crippen molar-refractivity contribution in [1.29, 1.82) is 5.26 Å². The maximum absolute atomic E-state index is 8.91. The molecule has 0 aliphatic carbocycles. The van der Waals surface area contributed by atoms with Crippen molar-refractivity contribution in [1.82, 2.24) is 4.90 Å². The van der Waals surface area contributed by atoms with Gasteiger partial charge in [-0.2, -0.15) is 5.26 Å². The van der Waals surface area contributed by atoms with Crippen molar-refractivity contribution >= 4 is 21.4 Å². The summed E-state index contributed by atoms with van der Waals surface area (Å²) < 4.78 is 6.69. The van der Waals surface area contributed by atoms with E-state index >= 15 is 0 Å². The molecular formula is C14H14N2OS. The average molecular weight is 258 g/mol. The molecule has 0 radical (unpaired) electrons. The lowest BCUT2D eigenvalue weighted by atomic mass is 10.1. The Kier molecular flexibility index (Phi) is 3.28. The Hall–Kier alpha value is -1.41. The van der Waals surface area contributed by atoms with Crippen LogP contribution in [0.4, 0.5) is 0 Å². The Morgan fingerprint density at radius 1 is 1.44 bits per heavy atom. The monoisotopic (exact) mass is 258 g/mol. The van der Waals surface area contributed by atoms with E-state index in [0.717, 1.165) is 13.1 Å². The van der Waals surface area contributed by atoms with Crippen LogP contribution in [0.5, 0.6) is 0 Å². The number of nitriles is 1. The van der Waals surface area contributed by atoms with Gasteiger partial charge in [0.05, 0.1) is 12.7 Å². The maximum Gasteiger partial charge on any atom is 0.156 e. The van der Waals surface area contributed by atoms with Crippen LogP contribution in [-0.4, -0.2) is 30.7 Å². The van der Waals surface area contributed by atoms with Gasteiger partial charge in [0.25, 0.3) is 0 Å². The first-order chi connectivity index (χ1) is 8.86. The van der Waals surface area contributed by atoms with E-state index < -0.39 is 0 Å². The number of fused-ring (bicyclic) bond motifs is 1. The number of morpholine rings is 1. The lowest BCUT2D eigenvalue weighted by Crippen LogP contribution is -2.41. The van der Waals surface area contributed by atoms with Crippen LogP contribution in [0.15, 0.2) is 29.6 Å². The minimum Gasteiger partial charge on any atom is -0.361 e. The quantitative estimate of drug-likeness (QED) is 0.830. The van der Waals surface area contributed by atoms with Crippen LogP contribution in [0.3, 0.4) is 0 Å². The van der Waals surface area contributed by atoms with Crippen LogP contribution in [0.1, 0.15) is 5.56 Å². The molecular weight excluding hydrogens is 244 g/mol. The molecule has 0 N–H and O–H groups in total. The second-order valence-corrected chi connectivity index (χ2v) is 5.39. The van der Waals surface area contributed by atoms with Crippen LogP contribution in [0, 0.1) is 11.3 Å². The van der Waals surface area contributed by atoms with Gasteiger partial charge in [0, 0.05) is 24.3 Å². The predicted octanol–water partition coefficient (Wildman–Crippen LogP) is 2.63. The predicted molar refractivity (Wildman–Crippen MR) is 72.5 cm³/mol. The summed E-state index contributed by atoms with van der Waals surface area (Å²) in [6.45, 7) is 3.18. The number of thiophene rings is 1. The van der Waals surface area contributed by atoms with Gasteiger partial charge in [-0.3, -0.25) is 4.90 Å². The van der Waals surface area contributed by atoms with Gasteiger partial charge in [0.2, 0.25) is 0 Å². The third kappa shape index (κ3) is 2.25. The largest absolute Gasteiger partial charge is 0.361 e. The molecule has 18 heavy (non-hydrogen) atoms. The minimum atomic E-state index is -0.274. The number of hydrogen-bond donors (Lipinski definition) is 0. The number of benzene rings is 1. The number of nitrogens with zero attached hydrogens (tertiary/aromatic N) is 2. The summed E-state index contributed by atoms with van der Waals surface area (Å²) in [5, 5.41) is 12.5. The van der Waals surface area contributed by atoms with Crippen molar-refractivity contribution in [3.05, 3.63) is 35.2 Å². The zero-order chi connectivity index (χ0) is 12.4. The zero-order valence-electron chi connectivity index (χ0n) is 10.0. The highest BCUT2D eigenvalue weighted by Gasteiger charge is 2.20. The highest BCUT2D eigenvalue weighted by molar-refractivity contribution is 7.17. The molecule has 1 unspecified atom stereocenters. The van der Waals surface area contributed by atoms with Crippen molar-refractivity contribution in [2.45, 2.75) is 12.6 Å². The summed E-state index contributed by atoms with van der Waals surface area (Å²) in [7, 11) is 0. The summed E-state index contributed by atoms with van der Waals surface area (Å²) in [5.41, 5.74) is 1.36. The highest BCUT2D eigenvalue weighted by Crippen LogP contribution is 2.27. The molecule has 92 valence electrons. The molecule has 1 atom stereocenters.